The monoisotopic (exact) mass is 1830 g/mol. The Morgan fingerprint density at radius 1 is 0.294 bits per heavy atom. The normalized spacial score (nSPS) is 15.6. The van der Waals surface area contributed by atoms with Gasteiger partial charge in [0.2, 0.25) is 0 Å². The van der Waals surface area contributed by atoms with Crippen molar-refractivity contribution in [1.29, 1.82) is 0 Å². The molecular formula is C125H140ClN5O5. The van der Waals surface area contributed by atoms with Crippen LogP contribution in [0.1, 0.15) is 278 Å². The first-order chi connectivity index (χ1) is 66.2. The fraction of sp³-hybridized carbons (Fsp3) is 0.320. The number of unbranched alkanes of at least 4 members (excludes halogenated alkanes) is 1. The van der Waals surface area contributed by atoms with Crippen molar-refractivity contribution in [2.24, 2.45) is 0 Å². The number of hydrogen-bond acceptors (Lipinski definition) is 10. The zero-order valence-corrected chi connectivity index (χ0v) is 82.6. The Labute approximate surface area is 817 Å². The van der Waals surface area contributed by atoms with Gasteiger partial charge >= 0.3 is 0 Å². The molecule has 5 aliphatic heterocycles. The summed E-state index contributed by atoms with van der Waals surface area (Å²) in [6.07, 6.45) is 24.8. The van der Waals surface area contributed by atoms with Crippen LogP contribution in [0.5, 0.6) is 0 Å². The number of piperidine rings is 5. The van der Waals surface area contributed by atoms with E-state index in [9.17, 15) is 24.0 Å². The van der Waals surface area contributed by atoms with Crippen LogP contribution >= 0.6 is 11.6 Å². The van der Waals surface area contributed by atoms with Gasteiger partial charge in [0.05, 0.1) is 0 Å². The first-order valence-corrected chi connectivity index (χ1v) is 50.2. The van der Waals surface area contributed by atoms with Gasteiger partial charge in [-0.2, -0.15) is 0 Å². The number of hydrogen-bond donors (Lipinski definition) is 0. The van der Waals surface area contributed by atoms with Crippen LogP contribution in [0.15, 0.2) is 349 Å². The number of Topliss-reactive ketones (excluding diaryl/α,β-unsaturated/α-hetero) is 5. The number of ketones is 5. The van der Waals surface area contributed by atoms with E-state index in [4.69, 9.17) is 11.6 Å². The second kappa shape index (κ2) is 52.4. The number of halogens is 1. The molecule has 0 aromatic heterocycles. The quantitative estimate of drug-likeness (QED) is 0.0406. The Hall–Kier alpha value is -12.0. The third-order valence-electron chi connectivity index (χ3n) is 27.6. The second-order valence-corrected chi connectivity index (χ2v) is 37.9. The maximum Gasteiger partial charge on any atom is 0.159 e. The summed E-state index contributed by atoms with van der Waals surface area (Å²) < 4.78 is 0. The van der Waals surface area contributed by atoms with Gasteiger partial charge in [0.25, 0.3) is 0 Å². The van der Waals surface area contributed by atoms with Crippen LogP contribution in [0, 0.1) is 0 Å². The summed E-state index contributed by atoms with van der Waals surface area (Å²) >= 11 is 6.14. The highest BCUT2D eigenvalue weighted by Crippen LogP contribution is 2.40. The maximum absolute atomic E-state index is 11.7. The number of allylic oxidation sites excluding steroid dienone is 1. The summed E-state index contributed by atoms with van der Waals surface area (Å²) in [6, 6.07) is 103. The van der Waals surface area contributed by atoms with Gasteiger partial charge < -0.3 is 4.90 Å². The molecule has 6 fully saturated rings. The topological polar surface area (TPSA) is 102 Å². The number of rotatable bonds is 25. The van der Waals surface area contributed by atoms with E-state index in [1.807, 2.05) is 78.9 Å². The lowest BCUT2D eigenvalue weighted by molar-refractivity contribution is 0.100. The minimum atomic E-state index is 0.0940. The first kappa shape index (κ1) is 101. The lowest BCUT2D eigenvalue weighted by atomic mass is 9.86. The molecule has 0 bridgehead atoms. The van der Waals surface area contributed by atoms with Gasteiger partial charge in [0.1, 0.15) is 0 Å². The first-order valence-electron chi connectivity index (χ1n) is 49.8. The SMILES string of the molecule is C=CCN1CCC(=C(c2ccccc2)c2ccc(C(C)=O)cc2)CC1.CC(=O)c1ccc(C(=C2CCN(C3CCCCC3)CC2)c2ccccc2)cc1.CC(=O)c1ccc(C(=C2CCN(CC=C(C)C)CC2)c2ccccc2)cc1.CC(=O)c1ccc(C(=C2CCN(Cc3ccccc3)CC2)c2ccc(Cl)cc2)cc1.CCCCN1CCC(=C(c2ccccc2)c2ccc(C(C)=O)cc2)CC1. The van der Waals surface area contributed by atoms with Gasteiger partial charge in [-0.3, -0.25) is 43.6 Å². The van der Waals surface area contributed by atoms with Crippen LogP contribution in [0.25, 0.3) is 27.9 Å². The lowest BCUT2D eigenvalue weighted by Crippen LogP contribution is -2.40. The average molecular weight is 1830 g/mol. The molecule has 702 valence electrons. The van der Waals surface area contributed by atoms with Crippen LogP contribution in [-0.2, 0) is 6.54 Å². The minimum Gasteiger partial charge on any atom is -0.303 e. The molecule has 10 nitrogen and oxygen atoms in total. The zero-order chi connectivity index (χ0) is 95.5. The molecule has 11 heteroatoms. The van der Waals surface area contributed by atoms with Crippen molar-refractivity contribution < 1.29 is 24.0 Å². The summed E-state index contributed by atoms with van der Waals surface area (Å²) in [7, 11) is 0. The van der Waals surface area contributed by atoms with E-state index in [0.717, 1.165) is 181 Å². The van der Waals surface area contributed by atoms with Crippen molar-refractivity contribution in [3.8, 4) is 0 Å². The molecule has 0 amide bonds. The van der Waals surface area contributed by atoms with Gasteiger partial charge in [0.15, 0.2) is 28.9 Å². The van der Waals surface area contributed by atoms with E-state index in [1.165, 1.54) is 170 Å². The Morgan fingerprint density at radius 2 is 0.537 bits per heavy atom. The highest BCUT2D eigenvalue weighted by molar-refractivity contribution is 6.30. The van der Waals surface area contributed by atoms with Crippen LogP contribution in [0.4, 0.5) is 0 Å². The van der Waals surface area contributed by atoms with Gasteiger partial charge in [-0.25, -0.2) is 0 Å². The minimum absolute atomic E-state index is 0.0940. The van der Waals surface area contributed by atoms with Crippen molar-refractivity contribution in [2.45, 2.75) is 177 Å². The highest BCUT2D eigenvalue weighted by atomic mass is 35.5. The summed E-state index contributed by atoms with van der Waals surface area (Å²) in [6.45, 7) is 33.8. The summed E-state index contributed by atoms with van der Waals surface area (Å²) in [5.41, 5.74) is 33.2. The van der Waals surface area contributed by atoms with Crippen molar-refractivity contribution in [3.63, 3.8) is 0 Å². The van der Waals surface area contributed by atoms with Gasteiger partial charge in [-0.05, 0) is 240 Å². The maximum atomic E-state index is 11.7. The largest absolute Gasteiger partial charge is 0.303 e. The standard InChI is InChI=1S/C27H26ClNO.C26H31NO.C25H29NO.C24H29NO.C23H25NO/c1-20(30)22-7-9-23(10-8-22)27(24-11-13-26(28)14-12-24)25-15-17-29(18-16-25)19-21-5-3-2-4-6-21;1-20(28)21-12-14-23(15-13-21)26(22-8-4-2-5-9-22)24-16-18-27(19-17-24)25-10-6-3-7-11-25;1-19(2)13-16-26-17-14-24(15-18-26)25(22-7-5-4-6-8-22)23-11-9-21(10-12-23)20(3)27;1-3-4-16-25-17-14-23(15-18-25)24(21-8-6-5-7-9-21)22-12-10-20(11-13-22)19(2)26;1-3-15-24-16-13-22(14-17-24)23(20-7-5-4-6-8-20)21-11-9-19(10-12-21)18(2)25/h2-14H,15-19H2,1H3;2,4-5,8-9,12-15,25H,3,6-7,10-11,16-19H2,1H3;4-13H,14-18H2,1-3H3;5-13H,3-4,14-18H2,1-2H3;3-12H,1,13-17H2,2H3. The van der Waals surface area contributed by atoms with Crippen molar-refractivity contribution in [3.05, 3.63) is 443 Å². The van der Waals surface area contributed by atoms with Crippen LogP contribution < -0.4 is 0 Å². The molecule has 0 N–H and O–H groups in total. The van der Waals surface area contributed by atoms with Crippen LogP contribution in [0.2, 0.25) is 5.02 Å². The predicted octanol–water partition coefficient (Wildman–Crippen LogP) is 29.1. The Bertz CT molecular complexity index is 5900. The molecule has 1 saturated carbocycles. The van der Waals surface area contributed by atoms with E-state index < -0.39 is 0 Å². The molecule has 1 aliphatic carbocycles. The molecule has 5 saturated heterocycles. The fourth-order valence-electron chi connectivity index (χ4n) is 19.9. The molecule has 11 aromatic carbocycles. The summed E-state index contributed by atoms with van der Waals surface area (Å²) in [5.74, 6) is 0.564. The Kier molecular flexibility index (Phi) is 39.1. The smallest absolute Gasteiger partial charge is 0.159 e. The van der Waals surface area contributed by atoms with Crippen LogP contribution in [0.3, 0.4) is 0 Å². The fourth-order valence-corrected chi connectivity index (χ4v) is 20.0. The summed E-state index contributed by atoms with van der Waals surface area (Å²) in [4.78, 5) is 71.0. The number of benzene rings is 11. The van der Waals surface area contributed by atoms with E-state index in [-0.39, 0.29) is 28.9 Å². The van der Waals surface area contributed by atoms with Gasteiger partial charge in [-0.15, -0.1) is 6.58 Å². The predicted molar refractivity (Wildman–Crippen MR) is 570 cm³/mol. The molecular weight excluding hydrogens is 1690 g/mol. The number of carbonyl (C=O) groups is 5. The van der Waals surface area contributed by atoms with Crippen molar-refractivity contribution in [2.75, 3.05) is 85.1 Å². The highest BCUT2D eigenvalue weighted by Gasteiger charge is 2.29. The zero-order valence-electron chi connectivity index (χ0n) is 81.8. The van der Waals surface area contributed by atoms with Crippen LogP contribution in [-0.4, -0.2) is 145 Å². The van der Waals surface area contributed by atoms with Gasteiger partial charge in [0, 0.05) is 124 Å². The third kappa shape index (κ3) is 29.5. The average Bonchev–Trinajstić information content (AvgIpc) is 0.841. The third-order valence-corrected chi connectivity index (χ3v) is 27.9. The molecule has 11 aromatic rings. The molecule has 0 radical (unpaired) electrons. The van der Waals surface area contributed by atoms with E-state index in [2.05, 4.69) is 282 Å². The Morgan fingerprint density at radius 3 is 0.809 bits per heavy atom. The molecule has 17 rings (SSSR count). The lowest BCUT2D eigenvalue weighted by Gasteiger charge is -2.38. The van der Waals surface area contributed by atoms with E-state index in [0.29, 0.717) is 0 Å². The summed E-state index contributed by atoms with van der Waals surface area (Å²) in [5, 5.41) is 0.743. The molecule has 0 unspecified atom stereocenters. The van der Waals surface area contributed by atoms with Crippen molar-refractivity contribution in [1.82, 2.24) is 24.5 Å². The molecule has 6 aliphatic rings. The molecule has 0 spiro atoms. The number of likely N-dealkylation sites (tertiary alicyclic amines) is 5. The van der Waals surface area contributed by atoms with E-state index >= 15 is 0 Å². The van der Waals surface area contributed by atoms with Gasteiger partial charge in [-0.1, -0.05) is 375 Å². The van der Waals surface area contributed by atoms with Crippen molar-refractivity contribution >= 4 is 68.4 Å². The Balaban J connectivity index is 0.000000144. The number of carbonyl (C=O) groups excluding carboxylic acids is 5. The van der Waals surface area contributed by atoms with E-state index in [1.54, 1.807) is 45.8 Å². The molecule has 136 heavy (non-hydrogen) atoms. The molecule has 0 atom stereocenters. The second-order valence-electron chi connectivity index (χ2n) is 37.5. The number of nitrogens with zero attached hydrogens (tertiary/aromatic N) is 5. The molecule has 5 heterocycles.